The molecule has 0 aliphatic carbocycles. The molecule has 0 fully saturated rings. The van der Waals surface area contributed by atoms with E-state index in [-0.39, 0.29) is 18.3 Å². The van der Waals surface area contributed by atoms with Crippen molar-refractivity contribution in [3.8, 4) is 0 Å². The van der Waals surface area contributed by atoms with E-state index < -0.39 is 25.6 Å². The van der Waals surface area contributed by atoms with Crippen molar-refractivity contribution >= 4 is 35.8 Å². The molecule has 4 nitrogen and oxygen atoms in total. The van der Waals surface area contributed by atoms with E-state index in [1.807, 2.05) is 95.3 Å². The molecular weight excluding hydrogens is 467 g/mol. The number of rotatable bonds is 9. The Morgan fingerprint density at radius 1 is 0.861 bits per heavy atom. The summed E-state index contributed by atoms with van der Waals surface area (Å²) in [6.07, 6.45) is -0.484. The van der Waals surface area contributed by atoms with E-state index >= 15 is 0 Å². The Kier molecular flexibility index (Phi) is 9.23. The van der Waals surface area contributed by atoms with Gasteiger partial charge in [-0.15, -0.1) is 0 Å². The monoisotopic (exact) mass is 502 g/mol. The Hall–Kier alpha value is -3.23. The number of carbonyl (C=O) groups is 2. The zero-order valence-corrected chi connectivity index (χ0v) is 22.6. The quantitative estimate of drug-likeness (QED) is 0.207. The predicted octanol–water partition coefficient (Wildman–Crippen LogP) is 5.91. The van der Waals surface area contributed by atoms with E-state index in [0.29, 0.717) is 11.1 Å². The van der Waals surface area contributed by atoms with Gasteiger partial charge in [0.15, 0.2) is 0 Å². The third kappa shape index (κ3) is 7.38. The van der Waals surface area contributed by atoms with Crippen LogP contribution in [-0.2, 0) is 14.3 Å². The molecule has 36 heavy (non-hydrogen) atoms. The lowest BCUT2D eigenvalue weighted by molar-refractivity contribution is -0.156. The Morgan fingerprint density at radius 3 is 1.86 bits per heavy atom. The minimum Gasteiger partial charge on any atom is -0.460 e. The van der Waals surface area contributed by atoms with Gasteiger partial charge >= 0.3 is 11.9 Å². The van der Waals surface area contributed by atoms with Gasteiger partial charge in [0, 0.05) is 5.92 Å². The van der Waals surface area contributed by atoms with Gasteiger partial charge in [0.05, 0.1) is 12.0 Å². The zero-order chi connectivity index (χ0) is 26.3. The molecule has 0 N–H and O–H groups in total. The summed E-state index contributed by atoms with van der Waals surface area (Å²) in [6.45, 7) is 13.2. The number of benzene rings is 3. The van der Waals surface area contributed by atoms with Gasteiger partial charge in [-0.1, -0.05) is 92.4 Å². The maximum Gasteiger partial charge on any atom is 0.339 e. The van der Waals surface area contributed by atoms with Crippen LogP contribution in [0.2, 0.25) is 0 Å². The highest BCUT2D eigenvalue weighted by molar-refractivity contribution is 7.80. The van der Waals surface area contributed by atoms with E-state index in [2.05, 4.69) is 30.8 Å². The van der Waals surface area contributed by atoms with Crippen LogP contribution in [0.25, 0.3) is 0 Å². The third-order valence-electron chi connectivity index (χ3n) is 5.54. The smallest absolute Gasteiger partial charge is 0.339 e. The van der Waals surface area contributed by atoms with Crippen molar-refractivity contribution in [2.24, 2.45) is 5.92 Å². The van der Waals surface area contributed by atoms with Crippen LogP contribution < -0.4 is 15.9 Å². The predicted molar refractivity (Wildman–Crippen MR) is 149 cm³/mol. The molecule has 0 saturated heterocycles. The highest BCUT2D eigenvalue weighted by Crippen LogP contribution is 2.34. The van der Waals surface area contributed by atoms with E-state index in [4.69, 9.17) is 9.47 Å². The molecule has 0 aromatic heterocycles. The van der Waals surface area contributed by atoms with Gasteiger partial charge in [-0.3, -0.25) is 4.79 Å². The first-order valence-electron chi connectivity index (χ1n) is 12.1. The molecule has 0 aliphatic rings. The van der Waals surface area contributed by atoms with E-state index in [9.17, 15) is 9.59 Å². The third-order valence-corrected chi connectivity index (χ3v) is 8.04. The summed E-state index contributed by atoms with van der Waals surface area (Å²) in [4.78, 5) is 26.0. The molecule has 0 spiro atoms. The molecule has 5 heteroatoms. The van der Waals surface area contributed by atoms with Gasteiger partial charge in [0.25, 0.3) is 0 Å². The number of hydrogen-bond donors (Lipinski definition) is 0. The van der Waals surface area contributed by atoms with Gasteiger partial charge in [-0.25, -0.2) is 4.79 Å². The number of carbonyl (C=O) groups excluding carboxylic acids is 2. The normalized spacial score (nSPS) is 13.1. The van der Waals surface area contributed by atoms with Gasteiger partial charge in [0.2, 0.25) is 0 Å². The maximum absolute atomic E-state index is 13.6. The SMILES string of the molecule is C=C(C)[C@H](OC(=O)c1ccccc1P(c1ccccc1)c1ccccc1)[C@@H](C)CC(=O)OC(C)(C)C. The van der Waals surface area contributed by atoms with Crippen LogP contribution in [0.3, 0.4) is 0 Å². The topological polar surface area (TPSA) is 52.6 Å². The summed E-state index contributed by atoms with van der Waals surface area (Å²) < 4.78 is 11.5. The Balaban J connectivity index is 1.92. The van der Waals surface area contributed by atoms with E-state index in [1.54, 1.807) is 0 Å². The van der Waals surface area contributed by atoms with Crippen molar-refractivity contribution in [2.45, 2.75) is 52.7 Å². The number of ether oxygens (including phenoxy) is 2. The maximum atomic E-state index is 13.6. The number of esters is 2. The first kappa shape index (κ1) is 27.4. The Morgan fingerprint density at radius 2 is 1.36 bits per heavy atom. The van der Waals surface area contributed by atoms with Crippen LogP contribution in [0.15, 0.2) is 97.1 Å². The molecule has 0 bridgehead atoms. The second-order valence-electron chi connectivity index (χ2n) is 9.96. The van der Waals surface area contributed by atoms with Crippen LogP contribution in [0.1, 0.15) is 51.4 Å². The Bertz CT molecular complexity index is 1140. The van der Waals surface area contributed by atoms with Crippen molar-refractivity contribution in [3.05, 3.63) is 103 Å². The Labute approximate surface area is 216 Å². The lowest BCUT2D eigenvalue weighted by atomic mass is 9.95. The molecule has 0 radical (unpaired) electrons. The standard InChI is InChI=1S/C31H35O4P/c1-22(2)29(23(3)21-28(32)35-31(4,5)6)34-30(33)26-19-13-14-20-27(26)36(24-15-9-7-10-16-24)25-17-11-8-12-18-25/h7-20,23,29H,1,21H2,2-6H3/t23-,29-/m0/s1. The van der Waals surface area contributed by atoms with E-state index in [0.717, 1.165) is 15.9 Å². The molecule has 3 aromatic carbocycles. The van der Waals surface area contributed by atoms with Gasteiger partial charge in [-0.2, -0.15) is 0 Å². The molecular formula is C31H35O4P. The van der Waals surface area contributed by atoms with Crippen LogP contribution in [0, 0.1) is 5.92 Å². The zero-order valence-electron chi connectivity index (χ0n) is 21.7. The highest BCUT2D eigenvalue weighted by Gasteiger charge is 2.29. The van der Waals surface area contributed by atoms with Gasteiger partial charge < -0.3 is 9.47 Å². The second-order valence-corrected chi connectivity index (χ2v) is 12.1. The van der Waals surface area contributed by atoms with Crippen molar-refractivity contribution in [1.29, 1.82) is 0 Å². The molecule has 3 rings (SSSR count). The molecule has 0 aliphatic heterocycles. The minimum absolute atomic E-state index is 0.129. The minimum atomic E-state index is -0.982. The summed E-state index contributed by atoms with van der Waals surface area (Å²) in [6, 6.07) is 28.1. The summed E-state index contributed by atoms with van der Waals surface area (Å²) in [5.74, 6) is -1.03. The summed E-state index contributed by atoms with van der Waals surface area (Å²) in [7, 11) is -0.982. The lowest BCUT2D eigenvalue weighted by Crippen LogP contribution is -2.32. The molecule has 3 aromatic rings. The first-order valence-corrected chi connectivity index (χ1v) is 13.5. The lowest BCUT2D eigenvalue weighted by Gasteiger charge is -2.27. The molecule has 2 atom stereocenters. The molecule has 0 saturated carbocycles. The fourth-order valence-electron chi connectivity index (χ4n) is 4.06. The second kappa shape index (κ2) is 12.1. The summed E-state index contributed by atoms with van der Waals surface area (Å²) >= 11 is 0. The molecule has 0 unspecified atom stereocenters. The number of hydrogen-bond acceptors (Lipinski definition) is 4. The molecule has 188 valence electrons. The summed E-state index contributed by atoms with van der Waals surface area (Å²) in [5, 5.41) is 3.22. The van der Waals surface area contributed by atoms with Crippen LogP contribution >= 0.6 is 7.92 Å². The fourth-order valence-corrected chi connectivity index (χ4v) is 6.49. The van der Waals surface area contributed by atoms with Crippen LogP contribution in [0.4, 0.5) is 0 Å². The van der Waals surface area contributed by atoms with Crippen molar-refractivity contribution < 1.29 is 19.1 Å². The summed E-state index contributed by atoms with van der Waals surface area (Å²) in [5.41, 5.74) is 0.634. The van der Waals surface area contributed by atoms with Crippen molar-refractivity contribution in [3.63, 3.8) is 0 Å². The largest absolute Gasteiger partial charge is 0.460 e. The molecule has 0 amide bonds. The van der Waals surface area contributed by atoms with Crippen molar-refractivity contribution in [2.75, 3.05) is 0 Å². The first-order chi connectivity index (χ1) is 17.1. The van der Waals surface area contributed by atoms with Crippen molar-refractivity contribution in [1.82, 2.24) is 0 Å². The van der Waals surface area contributed by atoms with E-state index in [1.165, 1.54) is 0 Å². The van der Waals surface area contributed by atoms with Gasteiger partial charge in [-0.05, 0) is 63.2 Å². The van der Waals surface area contributed by atoms with Crippen LogP contribution in [-0.4, -0.2) is 23.6 Å². The van der Waals surface area contributed by atoms with Crippen LogP contribution in [0.5, 0.6) is 0 Å². The fraction of sp³-hybridized carbons (Fsp3) is 0.290. The average molecular weight is 503 g/mol. The van der Waals surface area contributed by atoms with Gasteiger partial charge in [0.1, 0.15) is 11.7 Å². The molecule has 0 heterocycles. The average Bonchev–Trinajstić information content (AvgIpc) is 2.82. The highest BCUT2D eigenvalue weighted by atomic mass is 31.1.